The molecule has 0 N–H and O–H groups in total. The molecule has 10 heteroatoms. The molecule has 3 aliphatic heterocycles. The Morgan fingerprint density at radius 2 is 2.15 bits per heavy atom. The summed E-state index contributed by atoms with van der Waals surface area (Å²) >= 11 is 0. The zero-order valence-corrected chi connectivity index (χ0v) is 18.9. The van der Waals surface area contributed by atoms with Gasteiger partial charge in [0.05, 0.1) is 57.6 Å². The first-order valence-corrected chi connectivity index (χ1v) is 11.3. The van der Waals surface area contributed by atoms with Crippen LogP contribution in [0.5, 0.6) is 17.4 Å². The molecule has 2 aromatic rings. The first-order valence-electron chi connectivity index (χ1n) is 11.3. The number of methoxy groups -OCH3 is 1. The lowest BCUT2D eigenvalue weighted by molar-refractivity contribution is -0.157. The maximum absolute atomic E-state index is 12.7. The summed E-state index contributed by atoms with van der Waals surface area (Å²) in [7, 11) is 1.49. The highest BCUT2D eigenvalue weighted by molar-refractivity contribution is 5.81. The summed E-state index contributed by atoms with van der Waals surface area (Å²) in [5, 5.41) is 9.44. The van der Waals surface area contributed by atoms with Gasteiger partial charge in [0.15, 0.2) is 6.10 Å². The number of ether oxygens (including phenoxy) is 5. The minimum atomic E-state index is -0.529. The van der Waals surface area contributed by atoms with Gasteiger partial charge in [0.25, 0.3) is 5.91 Å². The van der Waals surface area contributed by atoms with E-state index < -0.39 is 6.10 Å². The van der Waals surface area contributed by atoms with Crippen molar-refractivity contribution < 1.29 is 28.5 Å². The molecule has 2 fully saturated rings. The number of anilines is 2. The molecule has 0 aliphatic carbocycles. The van der Waals surface area contributed by atoms with Crippen LogP contribution in [0, 0.1) is 11.3 Å². The second-order valence-electron chi connectivity index (χ2n) is 8.24. The summed E-state index contributed by atoms with van der Waals surface area (Å²) in [5.74, 6) is 1.66. The lowest BCUT2D eigenvalue weighted by Gasteiger charge is -2.31. The fourth-order valence-corrected chi connectivity index (χ4v) is 4.42. The van der Waals surface area contributed by atoms with Gasteiger partial charge in [-0.25, -0.2) is 4.98 Å². The summed E-state index contributed by atoms with van der Waals surface area (Å²) in [6, 6.07) is 9.56. The van der Waals surface area contributed by atoms with Gasteiger partial charge in [-0.05, 0) is 18.2 Å². The average Bonchev–Trinajstić information content (AvgIpc) is 3.36. The van der Waals surface area contributed by atoms with Crippen molar-refractivity contribution in [2.45, 2.75) is 18.6 Å². The second-order valence-corrected chi connectivity index (χ2v) is 8.24. The number of hydrogen-bond acceptors (Lipinski definition) is 9. The van der Waals surface area contributed by atoms with Crippen LogP contribution in [0.3, 0.4) is 0 Å². The molecule has 2 atom stereocenters. The molecule has 0 radical (unpaired) electrons. The lowest BCUT2D eigenvalue weighted by Crippen LogP contribution is -2.44. The van der Waals surface area contributed by atoms with E-state index in [1.807, 2.05) is 23.1 Å². The van der Waals surface area contributed by atoms with Gasteiger partial charge in [0.1, 0.15) is 35.8 Å². The van der Waals surface area contributed by atoms with E-state index in [0.717, 1.165) is 23.5 Å². The number of hydrogen-bond donors (Lipinski definition) is 0. The molecule has 0 spiro atoms. The summed E-state index contributed by atoms with van der Waals surface area (Å²) in [6.07, 6.45) is 1.78. The molecule has 1 unspecified atom stereocenters. The first-order chi connectivity index (χ1) is 16.7. The summed E-state index contributed by atoms with van der Waals surface area (Å²) in [4.78, 5) is 20.8. The Hall–Kier alpha value is -3.55. The monoisotopic (exact) mass is 466 g/mol. The molecule has 1 amide bonds. The summed E-state index contributed by atoms with van der Waals surface area (Å²) in [6.45, 7) is 3.51. The third-order valence-corrected chi connectivity index (χ3v) is 6.11. The highest BCUT2D eigenvalue weighted by Gasteiger charge is 2.34. The number of benzene rings is 1. The van der Waals surface area contributed by atoms with Crippen molar-refractivity contribution in [2.24, 2.45) is 0 Å². The summed E-state index contributed by atoms with van der Waals surface area (Å²) < 4.78 is 28.1. The van der Waals surface area contributed by atoms with Crippen LogP contribution in [-0.2, 0) is 14.3 Å². The number of amides is 1. The Morgan fingerprint density at radius 3 is 2.94 bits per heavy atom. The van der Waals surface area contributed by atoms with E-state index in [1.54, 1.807) is 17.2 Å². The molecular formula is C24H26N4O6. The number of likely N-dealkylation sites (tertiary alicyclic amines) is 1. The second kappa shape index (κ2) is 9.75. The number of carbonyl (C=O) groups excluding carboxylic acids is 1. The lowest BCUT2D eigenvalue weighted by atomic mass is 10.2. The van der Waals surface area contributed by atoms with E-state index in [2.05, 4.69) is 11.1 Å². The van der Waals surface area contributed by atoms with E-state index in [1.165, 1.54) is 7.11 Å². The molecule has 1 aromatic heterocycles. The van der Waals surface area contributed by atoms with Crippen LogP contribution in [0.4, 0.5) is 11.4 Å². The highest BCUT2D eigenvalue weighted by atomic mass is 16.6. The van der Waals surface area contributed by atoms with Crippen LogP contribution in [0.1, 0.15) is 12.0 Å². The van der Waals surface area contributed by atoms with Crippen LogP contribution in [0.25, 0.3) is 0 Å². The molecule has 0 bridgehead atoms. The fraction of sp³-hybridized carbons (Fsp3) is 0.458. The van der Waals surface area contributed by atoms with E-state index in [4.69, 9.17) is 23.7 Å². The molecule has 10 nitrogen and oxygen atoms in total. The number of carbonyl (C=O) groups is 1. The molecule has 2 saturated heterocycles. The Bertz CT molecular complexity index is 1100. The molecular weight excluding hydrogens is 440 g/mol. The molecule has 3 aliphatic rings. The van der Waals surface area contributed by atoms with E-state index in [-0.39, 0.29) is 12.0 Å². The minimum absolute atomic E-state index is 0.0453. The van der Waals surface area contributed by atoms with Crippen molar-refractivity contribution in [1.82, 2.24) is 9.88 Å². The largest absolute Gasteiger partial charge is 0.490 e. The van der Waals surface area contributed by atoms with Gasteiger partial charge in [-0.2, -0.15) is 5.26 Å². The van der Waals surface area contributed by atoms with Crippen molar-refractivity contribution in [3.8, 4) is 23.4 Å². The van der Waals surface area contributed by atoms with Crippen LogP contribution < -0.4 is 19.1 Å². The van der Waals surface area contributed by atoms with Crippen molar-refractivity contribution >= 4 is 17.3 Å². The Morgan fingerprint density at radius 1 is 1.24 bits per heavy atom. The smallest absolute Gasteiger partial charge is 0.254 e. The third-order valence-electron chi connectivity index (χ3n) is 6.11. The van der Waals surface area contributed by atoms with Crippen molar-refractivity contribution in [3.63, 3.8) is 0 Å². The number of nitriles is 1. The molecule has 0 saturated carbocycles. The van der Waals surface area contributed by atoms with Gasteiger partial charge in [-0.15, -0.1) is 0 Å². The third kappa shape index (κ3) is 4.44. The van der Waals surface area contributed by atoms with Crippen LogP contribution in [0.2, 0.25) is 0 Å². The van der Waals surface area contributed by atoms with E-state index >= 15 is 0 Å². The molecule has 5 rings (SSSR count). The van der Waals surface area contributed by atoms with Crippen LogP contribution in [-0.4, -0.2) is 81.2 Å². The standard InChI is InChI=1S/C24H26N4O6/c1-30-23-16(12-25)10-17(13-26-23)28-6-7-32-21-3-2-18(11-20(21)28)34-19-4-5-27(14-19)24(29)22-15-31-8-9-33-22/h2-3,10-11,13,19,22H,4-9,14-15H2,1H3/t19?,22-/m0/s1. The Labute approximate surface area is 197 Å². The Kier molecular flexibility index (Phi) is 6.38. The Balaban J connectivity index is 1.30. The van der Waals surface area contributed by atoms with Crippen molar-refractivity contribution in [2.75, 3.05) is 58.1 Å². The van der Waals surface area contributed by atoms with Crippen molar-refractivity contribution in [3.05, 3.63) is 36.0 Å². The van der Waals surface area contributed by atoms with Gasteiger partial charge in [-0.3, -0.25) is 4.79 Å². The van der Waals surface area contributed by atoms with E-state index in [9.17, 15) is 10.1 Å². The normalized spacial score (nSPS) is 21.9. The number of pyridine rings is 1. The number of fused-ring (bicyclic) bond motifs is 1. The quantitative estimate of drug-likeness (QED) is 0.653. The maximum Gasteiger partial charge on any atom is 0.254 e. The van der Waals surface area contributed by atoms with Gasteiger partial charge in [-0.1, -0.05) is 0 Å². The molecule has 34 heavy (non-hydrogen) atoms. The first kappa shape index (κ1) is 22.3. The minimum Gasteiger partial charge on any atom is -0.490 e. The van der Waals surface area contributed by atoms with Gasteiger partial charge in [0, 0.05) is 19.0 Å². The number of rotatable bonds is 5. The van der Waals surface area contributed by atoms with Gasteiger partial charge < -0.3 is 33.5 Å². The molecule has 4 heterocycles. The van der Waals surface area contributed by atoms with E-state index in [0.29, 0.717) is 63.3 Å². The van der Waals surface area contributed by atoms with Crippen molar-refractivity contribution in [1.29, 1.82) is 5.26 Å². The fourth-order valence-electron chi connectivity index (χ4n) is 4.42. The highest BCUT2D eigenvalue weighted by Crippen LogP contribution is 2.40. The van der Waals surface area contributed by atoms with Crippen LogP contribution >= 0.6 is 0 Å². The number of nitrogens with zero attached hydrogens (tertiary/aromatic N) is 4. The summed E-state index contributed by atoms with van der Waals surface area (Å²) in [5.41, 5.74) is 1.97. The SMILES string of the molecule is COc1ncc(N2CCOc3ccc(OC4CCN(C(=O)[C@@H]5COCCO5)C4)cc32)cc1C#N. The topological polar surface area (TPSA) is 106 Å². The van der Waals surface area contributed by atoms with Gasteiger partial charge in [0.2, 0.25) is 5.88 Å². The molecule has 178 valence electrons. The average molecular weight is 466 g/mol. The zero-order valence-electron chi connectivity index (χ0n) is 18.9. The zero-order chi connectivity index (χ0) is 23.5. The maximum atomic E-state index is 12.7. The predicted octanol–water partition coefficient (Wildman–Crippen LogP) is 1.89. The van der Waals surface area contributed by atoms with Crippen LogP contribution in [0.15, 0.2) is 30.5 Å². The van der Waals surface area contributed by atoms with Gasteiger partial charge >= 0.3 is 0 Å². The predicted molar refractivity (Wildman–Crippen MR) is 121 cm³/mol. The number of aromatic nitrogens is 1. The molecule has 1 aromatic carbocycles.